The van der Waals surface area contributed by atoms with Gasteiger partial charge in [0.15, 0.2) is 0 Å². The molecule has 0 aliphatic carbocycles. The van der Waals surface area contributed by atoms with E-state index >= 15 is 0 Å². The van der Waals surface area contributed by atoms with Gasteiger partial charge in [-0.05, 0) is 55.3 Å². The van der Waals surface area contributed by atoms with Crippen LogP contribution in [0.3, 0.4) is 0 Å². The maximum Gasteiger partial charge on any atom is 0.254 e. The molecular formula is C30H39N3O4. The molecule has 0 atom stereocenters. The lowest BCUT2D eigenvalue weighted by molar-refractivity contribution is -0.132. The van der Waals surface area contributed by atoms with E-state index in [9.17, 15) is 9.59 Å². The highest BCUT2D eigenvalue weighted by Gasteiger charge is 2.23. The number of benzene rings is 2. The number of carbonyl (C=O) groups is 2. The molecule has 198 valence electrons. The second-order valence-corrected chi connectivity index (χ2v) is 9.23. The zero-order chi connectivity index (χ0) is 26.6. The summed E-state index contributed by atoms with van der Waals surface area (Å²) in [7, 11) is 3.18. The molecule has 3 rings (SSSR count). The first-order valence-corrected chi connectivity index (χ1v) is 12.8. The van der Waals surface area contributed by atoms with Gasteiger partial charge < -0.3 is 23.8 Å². The quantitative estimate of drug-likeness (QED) is 0.317. The fourth-order valence-corrected chi connectivity index (χ4v) is 4.22. The lowest BCUT2D eigenvalue weighted by Crippen LogP contribution is -2.44. The molecule has 0 saturated heterocycles. The van der Waals surface area contributed by atoms with Crippen LogP contribution in [0.25, 0.3) is 0 Å². The Morgan fingerprint density at radius 3 is 2.41 bits per heavy atom. The Hall–Kier alpha value is -3.58. The molecule has 1 heterocycles. The molecule has 2 aromatic carbocycles. The van der Waals surface area contributed by atoms with Crippen LogP contribution in [0.2, 0.25) is 0 Å². The number of hydrogen-bond donors (Lipinski definition) is 0. The van der Waals surface area contributed by atoms with Crippen LogP contribution in [-0.4, -0.2) is 66.6 Å². The maximum atomic E-state index is 13.6. The Bertz CT molecular complexity index is 1140. The first-order valence-electron chi connectivity index (χ1n) is 12.8. The van der Waals surface area contributed by atoms with E-state index in [0.717, 1.165) is 25.1 Å². The van der Waals surface area contributed by atoms with Gasteiger partial charge in [-0.3, -0.25) is 9.59 Å². The molecule has 0 saturated carbocycles. The molecule has 0 fully saturated rings. The van der Waals surface area contributed by atoms with Crippen LogP contribution in [-0.2, 0) is 22.6 Å². The van der Waals surface area contributed by atoms with E-state index in [4.69, 9.17) is 9.47 Å². The second-order valence-electron chi connectivity index (χ2n) is 9.23. The number of carbonyl (C=O) groups excluding carboxylic acids is 2. The highest BCUT2D eigenvalue weighted by Crippen LogP contribution is 2.15. The number of ether oxygens (including phenoxy) is 2. The minimum absolute atomic E-state index is 0.00345. The summed E-state index contributed by atoms with van der Waals surface area (Å²) in [4.78, 5) is 30.3. The van der Waals surface area contributed by atoms with Gasteiger partial charge in [0, 0.05) is 44.2 Å². The molecule has 0 N–H and O–H groups in total. The molecule has 0 bridgehead atoms. The van der Waals surface area contributed by atoms with Crippen LogP contribution in [0.1, 0.15) is 46.9 Å². The topological polar surface area (TPSA) is 64.0 Å². The van der Waals surface area contributed by atoms with E-state index in [2.05, 4.69) is 54.9 Å². The van der Waals surface area contributed by atoms with Crippen LogP contribution >= 0.6 is 0 Å². The van der Waals surface area contributed by atoms with Gasteiger partial charge in [0.2, 0.25) is 5.91 Å². The molecule has 0 spiro atoms. The standard InChI is InChI=1S/C30H39N3O4/c1-5-6-16-32(22-27-11-8-17-31(27)21-25-10-7-9-24(2)20-25)29(34)23-33(18-19-36-3)30(35)26-12-14-28(37-4)15-13-26/h7-15,17,20H,5-6,16,18-19,21-23H2,1-4H3. The van der Waals surface area contributed by atoms with Gasteiger partial charge in [0.25, 0.3) is 5.91 Å². The Kier molecular flexibility index (Phi) is 10.8. The van der Waals surface area contributed by atoms with Gasteiger partial charge in [-0.15, -0.1) is 0 Å². The van der Waals surface area contributed by atoms with Crippen molar-refractivity contribution in [3.63, 3.8) is 0 Å². The lowest BCUT2D eigenvalue weighted by Gasteiger charge is -2.28. The third-order valence-electron chi connectivity index (χ3n) is 6.36. The van der Waals surface area contributed by atoms with E-state index < -0.39 is 0 Å². The Morgan fingerprint density at radius 1 is 0.946 bits per heavy atom. The summed E-state index contributed by atoms with van der Waals surface area (Å²) in [6.45, 7) is 6.76. The summed E-state index contributed by atoms with van der Waals surface area (Å²) in [6, 6.07) is 19.5. The van der Waals surface area contributed by atoms with Crippen molar-refractivity contribution in [3.05, 3.63) is 89.2 Å². The van der Waals surface area contributed by atoms with Crippen LogP contribution in [0, 0.1) is 6.92 Å². The molecule has 2 amide bonds. The average molecular weight is 506 g/mol. The molecule has 1 aromatic heterocycles. The largest absolute Gasteiger partial charge is 0.497 e. The van der Waals surface area contributed by atoms with Crippen molar-refractivity contribution in [1.29, 1.82) is 0 Å². The average Bonchev–Trinajstić information content (AvgIpc) is 3.34. The van der Waals surface area contributed by atoms with Gasteiger partial charge >= 0.3 is 0 Å². The van der Waals surface area contributed by atoms with Gasteiger partial charge in [-0.25, -0.2) is 0 Å². The fraction of sp³-hybridized carbons (Fsp3) is 0.400. The summed E-state index contributed by atoms with van der Waals surface area (Å²) in [6.07, 6.45) is 3.93. The number of methoxy groups -OCH3 is 2. The number of amides is 2. The number of aromatic nitrogens is 1. The van der Waals surface area contributed by atoms with E-state index in [1.807, 2.05) is 11.0 Å². The lowest BCUT2D eigenvalue weighted by atomic mass is 10.1. The fourth-order valence-electron chi connectivity index (χ4n) is 4.22. The van der Waals surface area contributed by atoms with Gasteiger partial charge in [0.1, 0.15) is 12.3 Å². The summed E-state index contributed by atoms with van der Waals surface area (Å²) in [5.74, 6) is 0.400. The van der Waals surface area contributed by atoms with Crippen molar-refractivity contribution in [1.82, 2.24) is 14.4 Å². The summed E-state index contributed by atoms with van der Waals surface area (Å²) in [5.41, 5.74) is 4.02. The molecule has 7 nitrogen and oxygen atoms in total. The van der Waals surface area contributed by atoms with E-state index in [1.165, 1.54) is 11.1 Å². The number of aryl methyl sites for hydroxylation is 1. The Balaban J connectivity index is 1.75. The number of hydrogen-bond acceptors (Lipinski definition) is 4. The third kappa shape index (κ3) is 8.22. The van der Waals surface area contributed by atoms with Crippen LogP contribution in [0.15, 0.2) is 66.9 Å². The predicted octanol–water partition coefficient (Wildman–Crippen LogP) is 4.77. The number of rotatable bonds is 14. The van der Waals surface area contributed by atoms with Gasteiger partial charge in [-0.2, -0.15) is 0 Å². The van der Waals surface area contributed by atoms with Crippen molar-refractivity contribution >= 4 is 11.8 Å². The third-order valence-corrected chi connectivity index (χ3v) is 6.36. The van der Waals surface area contributed by atoms with Crippen LogP contribution in [0.5, 0.6) is 5.75 Å². The van der Waals surface area contributed by atoms with Gasteiger partial charge in [0.05, 0.1) is 20.3 Å². The van der Waals surface area contributed by atoms with E-state index in [-0.39, 0.29) is 18.4 Å². The molecule has 37 heavy (non-hydrogen) atoms. The normalized spacial score (nSPS) is 10.8. The zero-order valence-corrected chi connectivity index (χ0v) is 22.5. The van der Waals surface area contributed by atoms with Crippen molar-refractivity contribution in [2.75, 3.05) is 40.5 Å². The van der Waals surface area contributed by atoms with Gasteiger partial charge in [-0.1, -0.05) is 43.2 Å². The molecule has 0 aliphatic heterocycles. The Labute approximate surface area is 220 Å². The van der Waals surface area contributed by atoms with Crippen molar-refractivity contribution < 1.29 is 19.1 Å². The Morgan fingerprint density at radius 2 is 1.73 bits per heavy atom. The summed E-state index contributed by atoms with van der Waals surface area (Å²) < 4.78 is 12.6. The minimum Gasteiger partial charge on any atom is -0.497 e. The first kappa shape index (κ1) is 28.0. The predicted molar refractivity (Wildman–Crippen MR) is 146 cm³/mol. The second kappa shape index (κ2) is 14.2. The van der Waals surface area contributed by atoms with Crippen LogP contribution in [0.4, 0.5) is 0 Å². The first-order chi connectivity index (χ1) is 17.9. The number of nitrogens with zero attached hydrogens (tertiary/aromatic N) is 3. The SMILES string of the molecule is CCCCN(Cc1cccn1Cc1cccc(C)c1)C(=O)CN(CCOC)C(=O)c1ccc(OC)cc1. The smallest absolute Gasteiger partial charge is 0.254 e. The highest BCUT2D eigenvalue weighted by molar-refractivity contribution is 5.96. The maximum absolute atomic E-state index is 13.6. The zero-order valence-electron chi connectivity index (χ0n) is 22.5. The van der Waals surface area contributed by atoms with Crippen molar-refractivity contribution in [3.8, 4) is 5.75 Å². The van der Waals surface area contributed by atoms with E-state index in [1.54, 1.807) is 43.4 Å². The monoisotopic (exact) mass is 505 g/mol. The van der Waals surface area contributed by atoms with Crippen molar-refractivity contribution in [2.24, 2.45) is 0 Å². The molecule has 7 heteroatoms. The minimum atomic E-state index is -0.202. The molecule has 0 radical (unpaired) electrons. The molecular weight excluding hydrogens is 466 g/mol. The highest BCUT2D eigenvalue weighted by atomic mass is 16.5. The molecule has 3 aromatic rings. The summed E-state index contributed by atoms with van der Waals surface area (Å²) >= 11 is 0. The summed E-state index contributed by atoms with van der Waals surface area (Å²) in [5, 5.41) is 0. The molecule has 0 unspecified atom stereocenters. The number of unbranched alkanes of at least 4 members (excludes halogenated alkanes) is 1. The van der Waals surface area contributed by atoms with Crippen LogP contribution < -0.4 is 4.74 Å². The molecule has 0 aliphatic rings. The van der Waals surface area contributed by atoms with Crippen molar-refractivity contribution in [2.45, 2.75) is 39.8 Å². The van der Waals surface area contributed by atoms with E-state index in [0.29, 0.717) is 37.6 Å².